The number of rotatable bonds is 18. The summed E-state index contributed by atoms with van der Waals surface area (Å²) in [5, 5.41) is 0. The molecule has 2 rings (SSSR count). The van der Waals surface area contributed by atoms with E-state index in [9.17, 15) is 0 Å². The summed E-state index contributed by atoms with van der Waals surface area (Å²) >= 11 is 0. The van der Waals surface area contributed by atoms with Crippen LogP contribution in [0.4, 0.5) is 0 Å². The Labute approximate surface area is 309 Å². The smallest absolute Gasteiger partial charge is 0.407 e. The average Bonchev–Trinajstić information content (AvgIpc) is 3.33. The zero-order chi connectivity index (χ0) is 37.8. The van der Waals surface area contributed by atoms with Crippen LogP contribution in [0.1, 0.15) is 38.8 Å². The lowest BCUT2D eigenvalue weighted by Gasteiger charge is -2.32. The third kappa shape index (κ3) is 17.1. The van der Waals surface area contributed by atoms with Gasteiger partial charge < -0.3 is 42.5 Å². The zero-order valence-corrected chi connectivity index (χ0v) is 30.6. The van der Waals surface area contributed by atoms with Crippen molar-refractivity contribution >= 4 is 12.6 Å². The van der Waals surface area contributed by atoms with Crippen molar-refractivity contribution in [2.75, 3.05) is 67.1 Å². The second-order valence-corrected chi connectivity index (χ2v) is 11.3. The summed E-state index contributed by atoms with van der Waals surface area (Å²) in [7, 11) is 2.57. The Morgan fingerprint density at radius 3 is 1.31 bits per heavy atom. The van der Waals surface area contributed by atoms with Gasteiger partial charge in [-0.05, 0) is 104 Å². The largest absolute Gasteiger partial charge is 0.495 e. The summed E-state index contributed by atoms with van der Waals surface area (Å²) in [5.41, 5.74) is 1.24. The van der Waals surface area contributed by atoms with Crippen molar-refractivity contribution in [2.45, 2.75) is 52.1 Å². The van der Waals surface area contributed by atoms with Crippen LogP contribution >= 0.6 is 0 Å². The Morgan fingerprint density at radius 2 is 0.904 bits per heavy atom. The quantitative estimate of drug-likeness (QED) is 0.130. The predicted octanol–water partition coefficient (Wildman–Crippen LogP) is 2.34. The van der Waals surface area contributed by atoms with E-state index in [4.69, 9.17) is 48.9 Å². The number of ether oxygens (including phenoxy) is 7. The van der Waals surface area contributed by atoms with Crippen molar-refractivity contribution in [3.05, 3.63) is 23.3 Å². The molecular formula is C42H41BO9. The Hall–Kier alpha value is -5.20. The first-order valence-corrected chi connectivity index (χ1v) is 16.2. The van der Waals surface area contributed by atoms with E-state index in [0.717, 1.165) is 16.6 Å². The molecule has 1 aliphatic rings. The highest BCUT2D eigenvalue weighted by molar-refractivity contribution is 6.63. The first-order valence-electron chi connectivity index (χ1n) is 16.2. The van der Waals surface area contributed by atoms with Crippen molar-refractivity contribution in [1.82, 2.24) is 0 Å². The molecule has 52 heavy (non-hydrogen) atoms. The second-order valence-electron chi connectivity index (χ2n) is 11.3. The molecule has 0 bridgehead atoms. The highest BCUT2D eigenvalue weighted by Gasteiger charge is 2.52. The number of hydrogen-bond donors (Lipinski definition) is 0. The standard InChI is InChI=1S/C42H41BO9/c1-8-9-10-11-12-13-14-15-16-17-18-19-20-21-22-23-24-50-39-33-37(35-48-31-29-46-27-25-44-6)40(43-51-41(2,3)42(4,5)52-43)38(34-39)36-49-32-30-47-28-26-45-7/h1,33-34H,25-32,35-36H2,2-7H3. The highest BCUT2D eigenvalue weighted by Crippen LogP contribution is 2.37. The fraction of sp³-hybridized carbons (Fsp3) is 0.429. The van der Waals surface area contributed by atoms with Gasteiger partial charge in [-0.2, -0.15) is 0 Å². The van der Waals surface area contributed by atoms with Crippen molar-refractivity contribution in [3.8, 4) is 113 Å². The van der Waals surface area contributed by atoms with E-state index in [2.05, 4.69) is 101 Å². The molecule has 266 valence electrons. The molecule has 0 atom stereocenters. The van der Waals surface area contributed by atoms with Crippen LogP contribution in [0.25, 0.3) is 0 Å². The predicted molar refractivity (Wildman–Crippen MR) is 199 cm³/mol. The number of hydrogen-bond acceptors (Lipinski definition) is 9. The van der Waals surface area contributed by atoms with E-state index >= 15 is 0 Å². The maximum atomic E-state index is 6.47. The first kappa shape index (κ1) is 43.0. The van der Waals surface area contributed by atoms with E-state index < -0.39 is 18.3 Å². The third-order valence-corrected chi connectivity index (χ3v) is 7.10. The van der Waals surface area contributed by atoms with Gasteiger partial charge in [-0.15, -0.1) is 6.42 Å². The van der Waals surface area contributed by atoms with Crippen LogP contribution in [0.2, 0.25) is 0 Å². The van der Waals surface area contributed by atoms with Gasteiger partial charge in [0.25, 0.3) is 0 Å². The molecule has 9 nitrogen and oxygen atoms in total. The summed E-state index contributed by atoms with van der Waals surface area (Å²) in [6.45, 7) is 12.0. The number of methoxy groups -OCH3 is 2. The molecule has 0 spiro atoms. The lowest BCUT2D eigenvalue weighted by molar-refractivity contribution is 0.00578. The molecule has 0 saturated carbocycles. The minimum Gasteiger partial charge on any atom is -0.407 e. The van der Waals surface area contributed by atoms with Crippen LogP contribution in [0.3, 0.4) is 0 Å². The summed E-state index contributed by atoms with van der Waals surface area (Å²) in [6, 6.07) is 3.68. The van der Waals surface area contributed by atoms with Crippen molar-refractivity contribution < 1.29 is 42.5 Å². The van der Waals surface area contributed by atoms with Crippen molar-refractivity contribution in [3.63, 3.8) is 0 Å². The molecule has 10 heteroatoms. The van der Waals surface area contributed by atoms with Gasteiger partial charge in [0.1, 0.15) is 11.9 Å². The molecule has 0 unspecified atom stereocenters. The van der Waals surface area contributed by atoms with E-state index in [-0.39, 0.29) is 13.2 Å². The van der Waals surface area contributed by atoms with Gasteiger partial charge in [-0.1, -0.05) is 0 Å². The fourth-order valence-corrected chi connectivity index (χ4v) is 3.95. The van der Waals surface area contributed by atoms with Crippen LogP contribution in [-0.4, -0.2) is 85.4 Å². The van der Waals surface area contributed by atoms with Crippen molar-refractivity contribution in [1.29, 1.82) is 0 Å². The van der Waals surface area contributed by atoms with Gasteiger partial charge in [0.15, 0.2) is 0 Å². The maximum absolute atomic E-state index is 6.47. The molecule has 0 N–H and O–H groups in total. The molecule has 1 aromatic rings. The molecule has 1 heterocycles. The van der Waals surface area contributed by atoms with Crippen LogP contribution in [-0.2, 0) is 50.9 Å². The van der Waals surface area contributed by atoms with E-state index in [0.29, 0.717) is 58.6 Å². The van der Waals surface area contributed by atoms with Gasteiger partial charge in [-0.3, -0.25) is 0 Å². The molecule has 1 aliphatic heterocycles. The van der Waals surface area contributed by atoms with Gasteiger partial charge in [0, 0.05) is 61.6 Å². The summed E-state index contributed by atoms with van der Waals surface area (Å²) in [6.07, 6.45) is 7.60. The average molecular weight is 701 g/mol. The summed E-state index contributed by atoms with van der Waals surface area (Å²) in [4.78, 5) is 0. The van der Waals surface area contributed by atoms with Crippen LogP contribution < -0.4 is 10.2 Å². The van der Waals surface area contributed by atoms with Crippen molar-refractivity contribution in [2.24, 2.45) is 0 Å². The Balaban J connectivity index is 2.25. The topological polar surface area (TPSA) is 83.1 Å². The van der Waals surface area contributed by atoms with Gasteiger partial charge in [0.2, 0.25) is 0 Å². The fourth-order valence-electron chi connectivity index (χ4n) is 3.95. The second kappa shape index (κ2) is 25.7. The molecule has 1 aromatic carbocycles. The number of terminal acetylenes is 1. The lowest BCUT2D eigenvalue weighted by atomic mass is 9.73. The molecule has 1 fully saturated rings. The Bertz CT molecular complexity index is 1830. The van der Waals surface area contributed by atoms with Crippen LogP contribution in [0.5, 0.6) is 5.75 Å². The zero-order valence-electron chi connectivity index (χ0n) is 30.6. The van der Waals surface area contributed by atoms with E-state index in [1.165, 1.54) is 0 Å². The normalized spacial score (nSPS) is 12.5. The summed E-state index contributed by atoms with van der Waals surface area (Å²) in [5.74, 6) is 40.5. The minimum absolute atomic E-state index is 0.231. The minimum atomic E-state index is -0.677. The Morgan fingerprint density at radius 1 is 0.538 bits per heavy atom. The number of benzene rings is 1. The van der Waals surface area contributed by atoms with Gasteiger partial charge in [-0.25, -0.2) is 0 Å². The van der Waals surface area contributed by atoms with Gasteiger partial charge >= 0.3 is 7.12 Å². The first-order chi connectivity index (χ1) is 25.3. The Kier molecular flexibility index (Phi) is 21.2. The van der Waals surface area contributed by atoms with Gasteiger partial charge in [0.05, 0.1) is 77.3 Å². The molecule has 1 saturated heterocycles. The summed E-state index contributed by atoms with van der Waals surface area (Å²) < 4.78 is 51.9. The van der Waals surface area contributed by atoms with Crippen LogP contribution in [0.15, 0.2) is 12.1 Å². The lowest BCUT2D eigenvalue weighted by Crippen LogP contribution is -2.41. The SMILES string of the molecule is C#CC#CC#CC#CC#CC#CC#CC#CC#COc1cc(COCCOCCOC)c(B2OC(C)(C)C(C)(C)O2)c(COCCOCCOC)c1. The third-order valence-electron chi connectivity index (χ3n) is 7.10. The maximum Gasteiger partial charge on any atom is 0.495 e. The molecule has 0 radical (unpaired) electrons. The molecular weight excluding hydrogens is 659 g/mol. The molecule has 0 aromatic heterocycles. The monoisotopic (exact) mass is 700 g/mol. The van der Waals surface area contributed by atoms with Crippen LogP contribution in [0, 0.1) is 107 Å². The highest BCUT2D eigenvalue weighted by atomic mass is 16.7. The molecule has 0 amide bonds. The van der Waals surface area contributed by atoms with E-state index in [1.54, 1.807) is 14.2 Å². The van der Waals surface area contributed by atoms with E-state index in [1.807, 2.05) is 39.8 Å². The molecule has 0 aliphatic carbocycles.